The Morgan fingerprint density at radius 3 is 1.37 bits per heavy atom. The van der Waals surface area contributed by atoms with Crippen molar-refractivity contribution in [3.05, 3.63) is 97.2 Å². The Morgan fingerprint density at radius 2 is 0.930 bits per heavy atom. The number of nitrogens with two attached hydrogens (primary N) is 1. The van der Waals surface area contributed by atoms with E-state index in [0.29, 0.717) is 12.8 Å². The van der Waals surface area contributed by atoms with Crippen molar-refractivity contribution in [2.24, 2.45) is 5.73 Å². The van der Waals surface area contributed by atoms with E-state index in [9.17, 15) is 19.0 Å². The minimum atomic E-state index is -4.41. The number of carbonyl (C=O) groups is 2. The summed E-state index contributed by atoms with van der Waals surface area (Å²) in [6.07, 6.45) is 54.4. The van der Waals surface area contributed by atoms with Crippen LogP contribution >= 0.6 is 7.82 Å². The molecule has 57 heavy (non-hydrogen) atoms. The van der Waals surface area contributed by atoms with Crippen LogP contribution in [0.1, 0.15) is 155 Å². The van der Waals surface area contributed by atoms with Gasteiger partial charge in [-0.2, -0.15) is 0 Å². The average molecular weight is 816 g/mol. The Kier molecular flexibility index (Phi) is 40.2. The first-order valence-electron chi connectivity index (χ1n) is 21.7. The summed E-state index contributed by atoms with van der Waals surface area (Å²) in [6, 6.07) is 0. The smallest absolute Gasteiger partial charge is 0.462 e. The average Bonchev–Trinajstić information content (AvgIpc) is 3.20. The quantitative estimate of drug-likeness (QED) is 0.0269. The Morgan fingerprint density at radius 1 is 0.526 bits per heavy atom. The minimum absolute atomic E-state index is 0.0351. The lowest BCUT2D eigenvalue weighted by Crippen LogP contribution is -2.29. The fraction of sp³-hybridized carbons (Fsp3) is 0.617. The zero-order valence-corrected chi connectivity index (χ0v) is 36.4. The number of rotatable bonds is 39. The standard InChI is InChI=1S/C47H78NO8P/c1-3-5-7-9-11-13-15-17-19-21-22-24-26-28-30-32-34-36-38-40-47(50)56-45(44-55-57(51,52)54-42-41-48)43-53-46(49)39-37-35-33-31-29-27-25-23-20-18-16-14-12-10-8-6-4-2/h11-14,17-20,22,24-25,27-28,30-31,33,45H,3-10,15-16,21,23,26,29,32,34-44,48H2,1-2H3,(H,51,52)/t45-/m1/s1. The highest BCUT2D eigenvalue weighted by Gasteiger charge is 2.25. The molecule has 0 rings (SSSR count). The van der Waals surface area contributed by atoms with E-state index >= 15 is 0 Å². The van der Waals surface area contributed by atoms with Gasteiger partial charge in [0.1, 0.15) is 6.61 Å². The Balaban J connectivity index is 4.34. The van der Waals surface area contributed by atoms with E-state index in [1.807, 2.05) is 6.08 Å². The van der Waals surface area contributed by atoms with Gasteiger partial charge in [-0.3, -0.25) is 18.6 Å². The van der Waals surface area contributed by atoms with Crippen molar-refractivity contribution < 1.29 is 37.6 Å². The van der Waals surface area contributed by atoms with Gasteiger partial charge in [-0.15, -0.1) is 0 Å². The number of allylic oxidation sites excluding steroid dienone is 16. The topological polar surface area (TPSA) is 134 Å². The number of ether oxygens (including phenoxy) is 2. The second-order valence-corrected chi connectivity index (χ2v) is 15.3. The highest BCUT2D eigenvalue weighted by molar-refractivity contribution is 7.47. The maximum atomic E-state index is 12.6. The minimum Gasteiger partial charge on any atom is -0.462 e. The molecule has 2 atom stereocenters. The van der Waals surface area contributed by atoms with Gasteiger partial charge in [0.05, 0.1) is 13.2 Å². The third-order valence-electron chi connectivity index (χ3n) is 8.44. The van der Waals surface area contributed by atoms with Crippen LogP contribution < -0.4 is 5.73 Å². The van der Waals surface area contributed by atoms with Crippen LogP contribution in [0.3, 0.4) is 0 Å². The van der Waals surface area contributed by atoms with Gasteiger partial charge in [0.2, 0.25) is 0 Å². The van der Waals surface area contributed by atoms with Crippen molar-refractivity contribution in [2.75, 3.05) is 26.4 Å². The normalized spacial score (nSPS) is 14.2. The van der Waals surface area contributed by atoms with Gasteiger partial charge in [0, 0.05) is 19.4 Å². The molecular weight excluding hydrogens is 737 g/mol. The van der Waals surface area contributed by atoms with Crippen LogP contribution in [0.25, 0.3) is 0 Å². The van der Waals surface area contributed by atoms with E-state index < -0.39 is 32.5 Å². The van der Waals surface area contributed by atoms with Gasteiger partial charge >= 0.3 is 19.8 Å². The summed E-state index contributed by atoms with van der Waals surface area (Å²) in [4.78, 5) is 34.8. The molecule has 0 amide bonds. The Bertz CT molecular complexity index is 1250. The van der Waals surface area contributed by atoms with Crippen LogP contribution in [0.4, 0.5) is 0 Å². The van der Waals surface area contributed by atoms with E-state index in [4.69, 9.17) is 24.3 Å². The molecule has 0 spiro atoms. The van der Waals surface area contributed by atoms with Crippen molar-refractivity contribution in [1.29, 1.82) is 0 Å². The largest absolute Gasteiger partial charge is 0.472 e. The van der Waals surface area contributed by atoms with Gasteiger partial charge in [-0.05, 0) is 96.3 Å². The first kappa shape index (κ1) is 53.9. The van der Waals surface area contributed by atoms with Crippen molar-refractivity contribution >= 4 is 19.8 Å². The second kappa shape index (κ2) is 42.5. The fourth-order valence-corrected chi connectivity index (χ4v) is 5.96. The highest BCUT2D eigenvalue weighted by atomic mass is 31.2. The molecule has 0 saturated heterocycles. The summed E-state index contributed by atoms with van der Waals surface area (Å²) < 4.78 is 32.7. The van der Waals surface area contributed by atoms with Crippen molar-refractivity contribution in [2.45, 2.75) is 161 Å². The predicted octanol–water partition coefficient (Wildman–Crippen LogP) is 12.6. The summed E-state index contributed by atoms with van der Waals surface area (Å²) >= 11 is 0. The molecule has 3 N–H and O–H groups in total. The zero-order chi connectivity index (χ0) is 41.8. The lowest BCUT2D eigenvalue weighted by Gasteiger charge is -2.19. The summed E-state index contributed by atoms with van der Waals surface area (Å²) in [5.74, 6) is -0.941. The maximum absolute atomic E-state index is 12.6. The van der Waals surface area contributed by atoms with Crippen molar-refractivity contribution in [3.63, 3.8) is 0 Å². The van der Waals surface area contributed by atoms with E-state index in [1.165, 1.54) is 51.4 Å². The Labute approximate surface area is 346 Å². The molecule has 0 aliphatic heterocycles. The lowest BCUT2D eigenvalue weighted by molar-refractivity contribution is -0.161. The number of phosphoric acid groups is 1. The van der Waals surface area contributed by atoms with Gasteiger partial charge < -0.3 is 20.1 Å². The summed E-state index contributed by atoms with van der Waals surface area (Å²) in [7, 11) is -4.41. The molecule has 1 unspecified atom stereocenters. The molecular formula is C47H78NO8P. The van der Waals surface area contributed by atoms with Crippen molar-refractivity contribution in [3.8, 4) is 0 Å². The van der Waals surface area contributed by atoms with Crippen LogP contribution in [-0.4, -0.2) is 49.3 Å². The maximum Gasteiger partial charge on any atom is 0.472 e. The Hall–Kier alpha value is -3.07. The third kappa shape index (κ3) is 42.4. The predicted molar refractivity (Wildman–Crippen MR) is 238 cm³/mol. The van der Waals surface area contributed by atoms with E-state index in [2.05, 4.69) is 105 Å². The van der Waals surface area contributed by atoms with Crippen LogP contribution in [0.15, 0.2) is 97.2 Å². The van der Waals surface area contributed by atoms with E-state index in [1.54, 1.807) is 0 Å². The fourth-order valence-electron chi connectivity index (χ4n) is 5.20. The SMILES string of the molecule is CCCCCC=CCC=CCC=CCC=CCCCCCC(=O)O[C@H](COC(=O)CCCC=CCC=CCC=CCC=CCCCCC)COP(=O)(O)OCCN. The number of phosphoric ester groups is 1. The number of unbranched alkanes of at least 4 members (excludes halogenated alkanes) is 10. The lowest BCUT2D eigenvalue weighted by atomic mass is 10.1. The second-order valence-electron chi connectivity index (χ2n) is 13.8. The molecule has 10 heteroatoms. The van der Waals surface area contributed by atoms with Crippen LogP contribution in [-0.2, 0) is 32.7 Å². The molecule has 0 bridgehead atoms. The van der Waals surface area contributed by atoms with Crippen molar-refractivity contribution in [1.82, 2.24) is 0 Å². The number of esters is 2. The molecule has 0 aromatic rings. The molecule has 0 aliphatic rings. The van der Waals surface area contributed by atoms with Gasteiger partial charge in [-0.1, -0.05) is 143 Å². The van der Waals surface area contributed by atoms with Gasteiger partial charge in [0.15, 0.2) is 6.10 Å². The van der Waals surface area contributed by atoms with Gasteiger partial charge in [-0.25, -0.2) is 4.57 Å². The molecule has 324 valence electrons. The molecule has 0 aromatic carbocycles. The van der Waals surface area contributed by atoms with E-state index in [0.717, 1.165) is 64.2 Å². The molecule has 9 nitrogen and oxygen atoms in total. The molecule has 0 fully saturated rings. The van der Waals surface area contributed by atoms with E-state index in [-0.39, 0.29) is 32.6 Å². The molecule has 0 saturated carbocycles. The van der Waals surface area contributed by atoms with Crippen LogP contribution in [0, 0.1) is 0 Å². The van der Waals surface area contributed by atoms with Crippen LogP contribution in [0.5, 0.6) is 0 Å². The monoisotopic (exact) mass is 816 g/mol. The number of carbonyl (C=O) groups excluding carboxylic acids is 2. The molecule has 0 aromatic heterocycles. The summed E-state index contributed by atoms with van der Waals surface area (Å²) in [5.41, 5.74) is 5.34. The number of hydrogen-bond acceptors (Lipinski definition) is 8. The molecule has 0 heterocycles. The zero-order valence-electron chi connectivity index (χ0n) is 35.5. The van der Waals surface area contributed by atoms with Crippen LogP contribution in [0.2, 0.25) is 0 Å². The first-order chi connectivity index (χ1) is 27.8. The first-order valence-corrected chi connectivity index (χ1v) is 23.2. The molecule has 0 aliphatic carbocycles. The number of hydrogen-bond donors (Lipinski definition) is 2. The summed E-state index contributed by atoms with van der Waals surface area (Å²) in [5, 5.41) is 0. The highest BCUT2D eigenvalue weighted by Crippen LogP contribution is 2.43. The van der Waals surface area contributed by atoms with Gasteiger partial charge in [0.25, 0.3) is 0 Å². The summed E-state index contributed by atoms with van der Waals surface area (Å²) in [6.45, 7) is 3.55. The third-order valence-corrected chi connectivity index (χ3v) is 9.43. The molecule has 0 radical (unpaired) electrons.